The van der Waals surface area contributed by atoms with E-state index in [1.165, 1.54) is 0 Å². The van der Waals surface area contributed by atoms with E-state index in [1.54, 1.807) is 6.20 Å². The second kappa shape index (κ2) is 4.08. The highest BCUT2D eigenvalue weighted by Gasteiger charge is 2.57. The third-order valence-electron chi connectivity index (χ3n) is 3.29. The van der Waals surface area contributed by atoms with Gasteiger partial charge in [-0.3, -0.25) is 9.59 Å². The van der Waals surface area contributed by atoms with Gasteiger partial charge in [-0.05, 0) is 25.0 Å². The average molecular weight is 235 g/mol. The molecule has 0 aromatic heterocycles. The summed E-state index contributed by atoms with van der Waals surface area (Å²) in [6.45, 7) is 0. The maximum atomic E-state index is 11.0. The topological polar surface area (TPSA) is 86.6 Å². The number of hydrogen-bond acceptors (Lipinski definition) is 3. The van der Waals surface area contributed by atoms with Crippen LogP contribution in [-0.4, -0.2) is 22.2 Å². The molecule has 3 N–H and O–H groups in total. The van der Waals surface area contributed by atoms with Crippen LogP contribution in [0, 0.1) is 11.3 Å². The zero-order valence-corrected chi connectivity index (χ0v) is 9.09. The minimum Gasteiger partial charge on any atom is -0.480 e. The Labute approximate surface area is 98.1 Å². The van der Waals surface area contributed by atoms with E-state index in [0.717, 1.165) is 5.70 Å². The number of hydrogen-bond donors (Lipinski definition) is 3. The van der Waals surface area contributed by atoms with Crippen LogP contribution in [0.4, 0.5) is 0 Å². The van der Waals surface area contributed by atoms with Crippen LogP contribution in [0.15, 0.2) is 36.2 Å². The van der Waals surface area contributed by atoms with Crippen molar-refractivity contribution in [2.75, 3.05) is 0 Å². The maximum absolute atomic E-state index is 11.0. The average Bonchev–Trinajstić information content (AvgIpc) is 2.43. The molecule has 1 aliphatic heterocycles. The van der Waals surface area contributed by atoms with Crippen molar-refractivity contribution in [3.05, 3.63) is 36.2 Å². The predicted octanol–water partition coefficient (Wildman–Crippen LogP) is 1.11. The summed E-state index contributed by atoms with van der Waals surface area (Å²) in [5.74, 6) is -2.53. The highest BCUT2D eigenvalue weighted by Crippen LogP contribution is 2.49. The van der Waals surface area contributed by atoms with Crippen LogP contribution >= 0.6 is 0 Å². The Balaban J connectivity index is 2.09. The fourth-order valence-electron chi connectivity index (χ4n) is 2.17. The Hall–Kier alpha value is -2.04. The largest absolute Gasteiger partial charge is 0.480 e. The Bertz CT molecular complexity index is 425. The number of carboxylic acid groups (broad SMARTS) is 2. The summed E-state index contributed by atoms with van der Waals surface area (Å²) in [5.41, 5.74) is -0.736. The van der Waals surface area contributed by atoms with E-state index in [1.807, 2.05) is 24.3 Å². The van der Waals surface area contributed by atoms with Gasteiger partial charge in [0.05, 0.1) is 0 Å². The van der Waals surface area contributed by atoms with Crippen LogP contribution < -0.4 is 5.32 Å². The standard InChI is InChI=1S/C12H13NO4/c14-10(15)12(11(16)17)6-8(7-12)9-4-2-1-3-5-13-9/h1-5,8,13H,6-7H2,(H,14,15)(H,16,17). The van der Waals surface area contributed by atoms with Gasteiger partial charge in [0.25, 0.3) is 0 Å². The van der Waals surface area contributed by atoms with Crippen molar-refractivity contribution in [1.82, 2.24) is 5.32 Å². The van der Waals surface area contributed by atoms with E-state index < -0.39 is 17.4 Å². The van der Waals surface area contributed by atoms with Gasteiger partial charge in [-0.1, -0.05) is 12.2 Å². The molecule has 1 aliphatic carbocycles. The second-order valence-electron chi connectivity index (χ2n) is 4.31. The van der Waals surface area contributed by atoms with E-state index >= 15 is 0 Å². The number of aliphatic carboxylic acids is 2. The van der Waals surface area contributed by atoms with E-state index in [9.17, 15) is 9.59 Å². The monoisotopic (exact) mass is 235 g/mol. The number of nitrogens with one attached hydrogen (secondary N) is 1. The van der Waals surface area contributed by atoms with E-state index in [-0.39, 0.29) is 18.8 Å². The van der Waals surface area contributed by atoms with Crippen molar-refractivity contribution in [1.29, 1.82) is 0 Å². The molecule has 0 radical (unpaired) electrons. The van der Waals surface area contributed by atoms with Crippen LogP contribution in [0.25, 0.3) is 0 Å². The summed E-state index contributed by atoms with van der Waals surface area (Å²) in [4.78, 5) is 22.0. The first-order valence-corrected chi connectivity index (χ1v) is 5.33. The molecule has 5 heteroatoms. The lowest BCUT2D eigenvalue weighted by Gasteiger charge is -2.41. The smallest absolute Gasteiger partial charge is 0.321 e. The number of carboxylic acids is 2. The molecule has 0 bridgehead atoms. The van der Waals surface area contributed by atoms with Gasteiger partial charge in [0.1, 0.15) is 0 Å². The highest BCUT2D eigenvalue weighted by molar-refractivity contribution is 5.99. The van der Waals surface area contributed by atoms with Crippen molar-refractivity contribution in [2.24, 2.45) is 11.3 Å². The summed E-state index contributed by atoms with van der Waals surface area (Å²) in [6.07, 6.45) is 9.38. The second-order valence-corrected chi connectivity index (χ2v) is 4.31. The Kier molecular flexibility index (Phi) is 2.75. The van der Waals surface area contributed by atoms with Crippen molar-refractivity contribution in [3.63, 3.8) is 0 Å². The summed E-state index contributed by atoms with van der Waals surface area (Å²) in [7, 11) is 0. The minimum absolute atomic E-state index is 0.0328. The molecule has 2 aliphatic rings. The molecule has 0 atom stereocenters. The molecule has 0 aromatic rings. The molecule has 0 spiro atoms. The predicted molar refractivity (Wildman–Crippen MR) is 59.9 cm³/mol. The summed E-state index contributed by atoms with van der Waals surface area (Å²) < 4.78 is 0. The van der Waals surface area contributed by atoms with Gasteiger partial charge in [-0.2, -0.15) is 0 Å². The van der Waals surface area contributed by atoms with Crippen LogP contribution in [0.5, 0.6) is 0 Å². The normalized spacial score (nSPS) is 22.0. The summed E-state index contributed by atoms with van der Waals surface area (Å²) >= 11 is 0. The van der Waals surface area contributed by atoms with E-state index in [0.29, 0.717) is 0 Å². The van der Waals surface area contributed by atoms with Gasteiger partial charge in [-0.25, -0.2) is 0 Å². The van der Waals surface area contributed by atoms with Gasteiger partial charge in [0.15, 0.2) is 5.41 Å². The Morgan fingerprint density at radius 1 is 1.18 bits per heavy atom. The van der Waals surface area contributed by atoms with E-state index in [4.69, 9.17) is 10.2 Å². The van der Waals surface area contributed by atoms with Gasteiger partial charge >= 0.3 is 11.9 Å². The summed E-state index contributed by atoms with van der Waals surface area (Å²) in [5, 5.41) is 21.0. The third-order valence-corrected chi connectivity index (χ3v) is 3.29. The molecule has 0 saturated heterocycles. The first-order chi connectivity index (χ1) is 8.06. The summed E-state index contributed by atoms with van der Waals surface area (Å²) in [6, 6.07) is 0. The molecule has 1 fully saturated rings. The van der Waals surface area contributed by atoms with Gasteiger partial charge in [0.2, 0.25) is 0 Å². The molecule has 0 amide bonds. The van der Waals surface area contributed by atoms with Gasteiger partial charge < -0.3 is 15.5 Å². The third kappa shape index (κ3) is 1.84. The quantitative estimate of drug-likeness (QED) is 0.638. The highest BCUT2D eigenvalue weighted by atomic mass is 16.4. The molecule has 1 saturated carbocycles. The molecule has 90 valence electrons. The molecule has 0 unspecified atom stereocenters. The molecule has 5 nitrogen and oxygen atoms in total. The number of carbonyl (C=O) groups is 2. The molecule has 17 heavy (non-hydrogen) atoms. The van der Waals surface area contributed by atoms with E-state index in [2.05, 4.69) is 5.32 Å². The molecule has 1 heterocycles. The van der Waals surface area contributed by atoms with Crippen LogP contribution in [-0.2, 0) is 9.59 Å². The molecular formula is C12H13NO4. The van der Waals surface area contributed by atoms with Crippen LogP contribution in [0.3, 0.4) is 0 Å². The SMILES string of the molecule is O=C(O)C1(C(=O)O)CC(C2=CC=CC=CN2)C1. The van der Waals surface area contributed by atoms with Crippen molar-refractivity contribution in [3.8, 4) is 0 Å². The lowest BCUT2D eigenvalue weighted by atomic mass is 9.60. The van der Waals surface area contributed by atoms with Crippen LogP contribution in [0.2, 0.25) is 0 Å². The maximum Gasteiger partial charge on any atom is 0.321 e. The zero-order chi connectivity index (χ0) is 12.5. The Morgan fingerprint density at radius 2 is 1.82 bits per heavy atom. The van der Waals surface area contributed by atoms with Gasteiger partial charge in [-0.15, -0.1) is 0 Å². The first-order valence-electron chi connectivity index (χ1n) is 5.33. The lowest BCUT2D eigenvalue weighted by molar-refractivity contribution is -0.174. The number of allylic oxidation sites excluding steroid dienone is 5. The molecule has 2 rings (SSSR count). The molecular weight excluding hydrogens is 222 g/mol. The fourth-order valence-corrected chi connectivity index (χ4v) is 2.17. The number of rotatable bonds is 3. The zero-order valence-electron chi connectivity index (χ0n) is 9.09. The van der Waals surface area contributed by atoms with Crippen molar-refractivity contribution < 1.29 is 19.8 Å². The van der Waals surface area contributed by atoms with Crippen molar-refractivity contribution in [2.45, 2.75) is 12.8 Å². The molecule has 0 aromatic carbocycles. The first kappa shape index (κ1) is 11.4. The van der Waals surface area contributed by atoms with Crippen LogP contribution in [0.1, 0.15) is 12.8 Å². The Morgan fingerprint density at radius 3 is 2.41 bits per heavy atom. The van der Waals surface area contributed by atoms with Crippen molar-refractivity contribution >= 4 is 11.9 Å². The minimum atomic E-state index is -1.60. The lowest BCUT2D eigenvalue weighted by Crippen LogP contribution is -2.51. The fraction of sp³-hybridized carbons (Fsp3) is 0.333. The van der Waals surface area contributed by atoms with Gasteiger partial charge in [0, 0.05) is 17.8 Å².